The predicted molar refractivity (Wildman–Crippen MR) is 83.6 cm³/mol. The summed E-state index contributed by atoms with van der Waals surface area (Å²) in [6.07, 6.45) is 0. The average Bonchev–Trinajstić information content (AvgIpc) is 2.57. The lowest BCUT2D eigenvalue weighted by Crippen LogP contribution is -2.41. The summed E-state index contributed by atoms with van der Waals surface area (Å²) in [5, 5.41) is 7.42. The van der Waals surface area contributed by atoms with E-state index in [2.05, 4.69) is 16.0 Å². The number of carbonyl (C=O) groups is 3. The third-order valence-corrected chi connectivity index (χ3v) is 2.84. The number of benzene rings is 1. The molecule has 0 aliphatic heterocycles. The van der Waals surface area contributed by atoms with Gasteiger partial charge in [0.05, 0.1) is 27.3 Å². The smallest absolute Gasteiger partial charge is 0.251 e. The van der Waals surface area contributed by atoms with Gasteiger partial charge in [-0.2, -0.15) is 0 Å². The van der Waals surface area contributed by atoms with Gasteiger partial charge in [0.1, 0.15) is 11.5 Å². The van der Waals surface area contributed by atoms with Crippen LogP contribution in [0.25, 0.3) is 0 Å². The van der Waals surface area contributed by atoms with E-state index in [1.165, 1.54) is 26.4 Å². The van der Waals surface area contributed by atoms with E-state index >= 15 is 0 Å². The van der Waals surface area contributed by atoms with Gasteiger partial charge in [-0.1, -0.05) is 0 Å². The van der Waals surface area contributed by atoms with Gasteiger partial charge in [0.2, 0.25) is 11.8 Å². The van der Waals surface area contributed by atoms with Crippen LogP contribution >= 0.6 is 0 Å². The normalized spacial score (nSPS) is 9.70. The fourth-order valence-electron chi connectivity index (χ4n) is 1.70. The van der Waals surface area contributed by atoms with E-state index in [1.54, 1.807) is 13.0 Å². The predicted octanol–water partition coefficient (Wildman–Crippen LogP) is -0.314. The average molecular weight is 323 g/mol. The second kappa shape index (κ2) is 9.29. The lowest BCUT2D eigenvalue weighted by molar-refractivity contribution is -0.125. The lowest BCUT2D eigenvalue weighted by Gasteiger charge is -2.09. The van der Waals surface area contributed by atoms with Gasteiger partial charge in [-0.05, 0) is 19.1 Å². The minimum absolute atomic E-state index is 0.129. The zero-order valence-electron chi connectivity index (χ0n) is 13.4. The number of carbonyl (C=O) groups excluding carboxylic acids is 3. The van der Waals surface area contributed by atoms with Gasteiger partial charge in [-0.3, -0.25) is 14.4 Å². The number of rotatable bonds is 8. The highest BCUT2D eigenvalue weighted by Gasteiger charge is 2.11. The molecule has 0 aliphatic rings. The lowest BCUT2D eigenvalue weighted by atomic mass is 10.2. The highest BCUT2D eigenvalue weighted by atomic mass is 16.5. The molecule has 0 unspecified atom stereocenters. The molecule has 0 aromatic heterocycles. The number of amides is 3. The third kappa shape index (κ3) is 6.25. The molecule has 0 atom stereocenters. The van der Waals surface area contributed by atoms with E-state index in [-0.39, 0.29) is 19.0 Å². The molecule has 1 rings (SSSR count). The van der Waals surface area contributed by atoms with Gasteiger partial charge in [0.25, 0.3) is 5.91 Å². The zero-order valence-corrected chi connectivity index (χ0v) is 13.4. The summed E-state index contributed by atoms with van der Waals surface area (Å²) >= 11 is 0. The summed E-state index contributed by atoms with van der Waals surface area (Å²) < 4.78 is 10.2. The Labute approximate surface area is 134 Å². The van der Waals surface area contributed by atoms with Gasteiger partial charge >= 0.3 is 0 Å². The van der Waals surface area contributed by atoms with Crippen LogP contribution in [0.15, 0.2) is 18.2 Å². The number of hydrogen-bond donors (Lipinski definition) is 3. The van der Waals surface area contributed by atoms with Crippen molar-refractivity contribution < 1.29 is 23.9 Å². The van der Waals surface area contributed by atoms with E-state index < -0.39 is 11.8 Å². The van der Waals surface area contributed by atoms with Gasteiger partial charge < -0.3 is 25.4 Å². The van der Waals surface area contributed by atoms with E-state index in [1.807, 2.05) is 0 Å². The molecule has 0 aliphatic carbocycles. The first-order valence-electron chi connectivity index (χ1n) is 7.04. The van der Waals surface area contributed by atoms with Crippen LogP contribution in [-0.2, 0) is 9.59 Å². The van der Waals surface area contributed by atoms with Crippen molar-refractivity contribution in [3.05, 3.63) is 23.8 Å². The Morgan fingerprint density at radius 3 is 1.91 bits per heavy atom. The summed E-state index contributed by atoms with van der Waals surface area (Å²) in [6, 6.07) is 4.70. The molecule has 1 aromatic carbocycles. The first-order chi connectivity index (χ1) is 11.0. The first-order valence-corrected chi connectivity index (χ1v) is 7.04. The monoisotopic (exact) mass is 323 g/mol. The topological polar surface area (TPSA) is 106 Å². The number of nitrogens with one attached hydrogen (secondary N) is 3. The molecular weight excluding hydrogens is 302 g/mol. The van der Waals surface area contributed by atoms with Crippen LogP contribution in [0.1, 0.15) is 17.3 Å². The SMILES string of the molecule is CCNC(=O)CNC(=O)CNC(=O)c1cc(OC)cc(OC)c1. The molecule has 0 spiro atoms. The van der Waals surface area contributed by atoms with Crippen molar-refractivity contribution in [2.45, 2.75) is 6.92 Å². The van der Waals surface area contributed by atoms with E-state index in [0.29, 0.717) is 23.6 Å². The Balaban J connectivity index is 2.53. The van der Waals surface area contributed by atoms with Crippen molar-refractivity contribution in [3.63, 3.8) is 0 Å². The number of likely N-dealkylation sites (N-methyl/N-ethyl adjacent to an activating group) is 1. The summed E-state index contributed by atoms with van der Waals surface area (Å²) in [5.74, 6) is -0.259. The highest BCUT2D eigenvalue weighted by Crippen LogP contribution is 2.22. The van der Waals surface area contributed by atoms with Crippen LogP contribution in [0.2, 0.25) is 0 Å². The van der Waals surface area contributed by atoms with Crippen molar-refractivity contribution in [2.75, 3.05) is 33.9 Å². The van der Waals surface area contributed by atoms with Crippen molar-refractivity contribution in [1.29, 1.82) is 0 Å². The second-order valence-corrected chi connectivity index (χ2v) is 4.51. The maximum absolute atomic E-state index is 12.0. The summed E-state index contributed by atoms with van der Waals surface area (Å²) in [6.45, 7) is 1.90. The Bertz CT molecular complexity index is 552. The zero-order chi connectivity index (χ0) is 17.2. The molecule has 0 bridgehead atoms. The largest absolute Gasteiger partial charge is 0.497 e. The van der Waals surface area contributed by atoms with Gasteiger partial charge in [0.15, 0.2) is 0 Å². The maximum atomic E-state index is 12.0. The summed E-state index contributed by atoms with van der Waals surface area (Å²) in [7, 11) is 2.95. The van der Waals surface area contributed by atoms with E-state index in [4.69, 9.17) is 9.47 Å². The van der Waals surface area contributed by atoms with Crippen molar-refractivity contribution >= 4 is 17.7 Å². The fraction of sp³-hybridized carbons (Fsp3) is 0.400. The molecule has 8 nitrogen and oxygen atoms in total. The molecule has 0 radical (unpaired) electrons. The molecule has 3 amide bonds. The van der Waals surface area contributed by atoms with Gasteiger partial charge in [-0.25, -0.2) is 0 Å². The van der Waals surface area contributed by atoms with Crippen LogP contribution in [-0.4, -0.2) is 51.6 Å². The third-order valence-electron chi connectivity index (χ3n) is 2.84. The Kier molecular flexibility index (Phi) is 7.38. The van der Waals surface area contributed by atoms with Crippen LogP contribution in [0.4, 0.5) is 0 Å². The van der Waals surface area contributed by atoms with Crippen LogP contribution < -0.4 is 25.4 Å². The van der Waals surface area contributed by atoms with Gasteiger partial charge in [0, 0.05) is 18.2 Å². The molecule has 8 heteroatoms. The fourth-order valence-corrected chi connectivity index (χ4v) is 1.70. The van der Waals surface area contributed by atoms with Crippen molar-refractivity contribution in [1.82, 2.24) is 16.0 Å². The Hall–Kier alpha value is -2.77. The molecule has 0 fully saturated rings. The number of hydrogen-bond acceptors (Lipinski definition) is 5. The quantitative estimate of drug-likeness (QED) is 0.608. The molecule has 126 valence electrons. The van der Waals surface area contributed by atoms with Gasteiger partial charge in [-0.15, -0.1) is 0 Å². The second-order valence-electron chi connectivity index (χ2n) is 4.51. The van der Waals surface area contributed by atoms with Crippen molar-refractivity contribution in [2.24, 2.45) is 0 Å². The standard InChI is InChI=1S/C15H21N3O5/c1-4-16-13(19)8-17-14(20)9-18-15(21)10-5-11(22-2)7-12(6-10)23-3/h5-7H,4,8-9H2,1-3H3,(H,16,19)(H,17,20)(H,18,21). The Morgan fingerprint density at radius 2 is 1.39 bits per heavy atom. The maximum Gasteiger partial charge on any atom is 0.251 e. The van der Waals surface area contributed by atoms with E-state index in [0.717, 1.165) is 0 Å². The summed E-state index contributed by atoms with van der Waals surface area (Å²) in [5.41, 5.74) is 0.303. The number of ether oxygens (including phenoxy) is 2. The number of methoxy groups -OCH3 is 2. The molecule has 1 aromatic rings. The minimum atomic E-state index is -0.459. The molecular formula is C15H21N3O5. The van der Waals surface area contributed by atoms with Crippen LogP contribution in [0.3, 0.4) is 0 Å². The molecule has 0 saturated heterocycles. The van der Waals surface area contributed by atoms with Crippen LogP contribution in [0.5, 0.6) is 11.5 Å². The minimum Gasteiger partial charge on any atom is -0.497 e. The highest BCUT2D eigenvalue weighted by molar-refractivity contribution is 5.97. The van der Waals surface area contributed by atoms with E-state index in [9.17, 15) is 14.4 Å². The summed E-state index contributed by atoms with van der Waals surface area (Å²) in [4.78, 5) is 34.8. The molecule has 0 heterocycles. The molecule has 23 heavy (non-hydrogen) atoms. The van der Waals surface area contributed by atoms with Crippen molar-refractivity contribution in [3.8, 4) is 11.5 Å². The molecule has 0 saturated carbocycles. The first kappa shape index (κ1) is 18.3. The Morgan fingerprint density at radius 1 is 0.870 bits per heavy atom. The van der Waals surface area contributed by atoms with Crippen LogP contribution in [0, 0.1) is 0 Å². The molecule has 3 N–H and O–H groups in total.